The Bertz CT molecular complexity index is 1180. The molecular formula is C26H27ClN2O5. The number of benzene rings is 3. The highest BCUT2D eigenvalue weighted by Crippen LogP contribution is 2.43. The van der Waals surface area contributed by atoms with Gasteiger partial charge in [-0.2, -0.15) is 0 Å². The highest BCUT2D eigenvalue weighted by Gasteiger charge is 2.34. The first-order valence-corrected chi connectivity index (χ1v) is 11.2. The lowest BCUT2D eigenvalue weighted by molar-refractivity contribution is 0.193. The van der Waals surface area contributed by atoms with Gasteiger partial charge in [0.05, 0.1) is 34.5 Å². The Labute approximate surface area is 204 Å². The number of anilines is 1. The number of hydrogen-bond donors (Lipinski definition) is 1. The van der Waals surface area contributed by atoms with Gasteiger partial charge in [-0.15, -0.1) is 0 Å². The average Bonchev–Trinajstić information content (AvgIpc) is 2.87. The van der Waals surface area contributed by atoms with Crippen molar-refractivity contribution in [2.75, 3.05) is 40.3 Å². The Balaban J connectivity index is 1.80. The second kappa shape index (κ2) is 10.1. The van der Waals surface area contributed by atoms with Crippen molar-refractivity contribution in [1.29, 1.82) is 0 Å². The Morgan fingerprint density at radius 1 is 0.853 bits per heavy atom. The molecule has 1 N–H and O–H groups in total. The monoisotopic (exact) mass is 482 g/mol. The van der Waals surface area contributed by atoms with E-state index in [4.69, 9.17) is 30.5 Å². The molecule has 1 aliphatic rings. The Morgan fingerprint density at radius 3 is 2.12 bits per heavy atom. The standard InChI is InChI=1S/C26H27ClN2O5/c1-31-21-10-5-17(14-22(21)32-2)25-20-15-24(34-4)23(33-3)13-16(20)11-12-29(25)26(30)28-19-8-6-18(27)7-9-19/h5-10,13-15,25H,11-12H2,1-4H3,(H,28,30)/t25-/m0/s1. The molecule has 0 radical (unpaired) electrons. The lowest BCUT2D eigenvalue weighted by Gasteiger charge is -2.38. The van der Waals surface area contributed by atoms with Crippen LogP contribution in [0.2, 0.25) is 5.02 Å². The van der Waals surface area contributed by atoms with Gasteiger partial charge in [-0.3, -0.25) is 0 Å². The quantitative estimate of drug-likeness (QED) is 0.498. The maximum absolute atomic E-state index is 13.5. The van der Waals surface area contributed by atoms with Crippen LogP contribution in [-0.4, -0.2) is 45.9 Å². The fourth-order valence-electron chi connectivity index (χ4n) is 4.28. The van der Waals surface area contributed by atoms with E-state index in [1.165, 1.54) is 0 Å². The van der Waals surface area contributed by atoms with E-state index >= 15 is 0 Å². The number of nitrogens with zero attached hydrogens (tertiary/aromatic N) is 1. The Kier molecular flexibility index (Phi) is 7.03. The van der Waals surface area contributed by atoms with Gasteiger partial charge in [-0.1, -0.05) is 17.7 Å². The van der Waals surface area contributed by atoms with E-state index in [2.05, 4.69) is 5.32 Å². The van der Waals surface area contributed by atoms with Crippen molar-refractivity contribution in [3.05, 3.63) is 76.3 Å². The van der Waals surface area contributed by atoms with Crippen LogP contribution in [0.1, 0.15) is 22.7 Å². The number of fused-ring (bicyclic) bond motifs is 1. The molecule has 2 amide bonds. The summed E-state index contributed by atoms with van der Waals surface area (Å²) in [6.07, 6.45) is 0.674. The van der Waals surface area contributed by atoms with Crippen LogP contribution in [0.4, 0.5) is 10.5 Å². The molecule has 3 aromatic rings. The van der Waals surface area contributed by atoms with Gasteiger partial charge in [-0.05, 0) is 71.6 Å². The zero-order valence-electron chi connectivity index (χ0n) is 19.6. The van der Waals surface area contributed by atoms with Crippen molar-refractivity contribution in [2.45, 2.75) is 12.5 Å². The maximum Gasteiger partial charge on any atom is 0.322 e. The second-order valence-electron chi connectivity index (χ2n) is 7.80. The summed E-state index contributed by atoms with van der Waals surface area (Å²) >= 11 is 6.00. The van der Waals surface area contributed by atoms with Crippen molar-refractivity contribution in [1.82, 2.24) is 4.90 Å². The molecule has 0 bridgehead atoms. The van der Waals surface area contributed by atoms with Crippen LogP contribution in [0, 0.1) is 0 Å². The zero-order chi connectivity index (χ0) is 24.2. The van der Waals surface area contributed by atoms with Gasteiger partial charge < -0.3 is 29.2 Å². The van der Waals surface area contributed by atoms with Crippen molar-refractivity contribution in [3.63, 3.8) is 0 Å². The summed E-state index contributed by atoms with van der Waals surface area (Å²) in [6.45, 7) is 0.515. The van der Waals surface area contributed by atoms with Crippen LogP contribution in [-0.2, 0) is 6.42 Å². The summed E-state index contributed by atoms with van der Waals surface area (Å²) in [7, 11) is 6.40. The maximum atomic E-state index is 13.5. The molecule has 178 valence electrons. The summed E-state index contributed by atoms with van der Waals surface area (Å²) in [4.78, 5) is 15.3. The van der Waals surface area contributed by atoms with E-state index in [9.17, 15) is 4.79 Å². The second-order valence-corrected chi connectivity index (χ2v) is 8.24. The van der Waals surface area contributed by atoms with E-state index < -0.39 is 0 Å². The smallest absolute Gasteiger partial charge is 0.322 e. The number of rotatable bonds is 6. The molecule has 34 heavy (non-hydrogen) atoms. The lowest BCUT2D eigenvalue weighted by Crippen LogP contribution is -2.43. The number of carbonyl (C=O) groups excluding carboxylic acids is 1. The summed E-state index contributed by atoms with van der Waals surface area (Å²) in [5.74, 6) is 2.47. The average molecular weight is 483 g/mol. The first kappa shape index (κ1) is 23.6. The number of carbonyl (C=O) groups is 1. The molecule has 0 unspecified atom stereocenters. The van der Waals surface area contributed by atoms with E-state index in [-0.39, 0.29) is 12.1 Å². The molecule has 3 aromatic carbocycles. The van der Waals surface area contributed by atoms with Crippen LogP contribution in [0.3, 0.4) is 0 Å². The largest absolute Gasteiger partial charge is 0.493 e. The molecule has 0 aromatic heterocycles. The molecule has 0 fully saturated rings. The minimum absolute atomic E-state index is 0.220. The molecule has 7 nitrogen and oxygen atoms in total. The first-order chi connectivity index (χ1) is 16.5. The van der Waals surface area contributed by atoms with Crippen LogP contribution < -0.4 is 24.3 Å². The number of amides is 2. The molecule has 1 aliphatic heterocycles. The van der Waals surface area contributed by atoms with Crippen LogP contribution in [0.5, 0.6) is 23.0 Å². The van der Waals surface area contributed by atoms with Crippen LogP contribution in [0.25, 0.3) is 0 Å². The van der Waals surface area contributed by atoms with Gasteiger partial charge in [-0.25, -0.2) is 4.79 Å². The fourth-order valence-corrected chi connectivity index (χ4v) is 4.40. The normalized spacial score (nSPS) is 14.7. The highest BCUT2D eigenvalue weighted by atomic mass is 35.5. The third kappa shape index (κ3) is 4.56. The molecule has 8 heteroatoms. The zero-order valence-corrected chi connectivity index (χ0v) is 20.3. The number of ether oxygens (including phenoxy) is 4. The van der Waals surface area contributed by atoms with Gasteiger partial charge in [0.2, 0.25) is 0 Å². The molecule has 0 saturated heterocycles. The molecule has 4 rings (SSSR count). The van der Waals surface area contributed by atoms with E-state index in [0.29, 0.717) is 46.7 Å². The molecular weight excluding hydrogens is 456 g/mol. The van der Waals surface area contributed by atoms with E-state index in [1.54, 1.807) is 52.7 Å². The number of nitrogens with one attached hydrogen (secondary N) is 1. The predicted octanol–water partition coefficient (Wildman–Crippen LogP) is 5.55. The van der Waals surface area contributed by atoms with Crippen LogP contribution >= 0.6 is 11.6 Å². The molecule has 0 spiro atoms. The summed E-state index contributed by atoms with van der Waals surface area (Å²) in [6, 6.07) is 16.1. The van der Waals surface area contributed by atoms with Crippen molar-refractivity contribution in [2.24, 2.45) is 0 Å². The fraction of sp³-hybridized carbons (Fsp3) is 0.269. The van der Waals surface area contributed by atoms with Crippen molar-refractivity contribution >= 4 is 23.3 Å². The predicted molar refractivity (Wildman–Crippen MR) is 132 cm³/mol. The summed E-state index contributed by atoms with van der Waals surface area (Å²) in [5, 5.41) is 3.59. The number of methoxy groups -OCH3 is 4. The number of hydrogen-bond acceptors (Lipinski definition) is 5. The van der Waals surface area contributed by atoms with E-state index in [1.807, 2.05) is 35.2 Å². The van der Waals surface area contributed by atoms with Crippen molar-refractivity contribution in [3.8, 4) is 23.0 Å². The van der Waals surface area contributed by atoms with Crippen LogP contribution in [0.15, 0.2) is 54.6 Å². The van der Waals surface area contributed by atoms with Gasteiger partial charge in [0.25, 0.3) is 0 Å². The highest BCUT2D eigenvalue weighted by molar-refractivity contribution is 6.30. The summed E-state index contributed by atoms with van der Waals surface area (Å²) in [5.41, 5.74) is 3.60. The topological polar surface area (TPSA) is 69.3 Å². The molecule has 1 atom stereocenters. The first-order valence-electron chi connectivity index (χ1n) is 10.8. The van der Waals surface area contributed by atoms with Gasteiger partial charge in [0.1, 0.15) is 0 Å². The third-order valence-corrected chi connectivity index (χ3v) is 6.21. The van der Waals surface area contributed by atoms with E-state index in [0.717, 1.165) is 16.7 Å². The molecule has 0 aliphatic carbocycles. The minimum Gasteiger partial charge on any atom is -0.493 e. The molecule has 1 heterocycles. The van der Waals surface area contributed by atoms with Gasteiger partial charge in [0, 0.05) is 17.3 Å². The van der Waals surface area contributed by atoms with Crippen molar-refractivity contribution < 1.29 is 23.7 Å². The van der Waals surface area contributed by atoms with Gasteiger partial charge >= 0.3 is 6.03 Å². The Hall–Kier alpha value is -3.58. The SMILES string of the molecule is COc1ccc([C@H]2c3cc(OC)c(OC)cc3CCN2C(=O)Nc2ccc(Cl)cc2)cc1OC. The molecule has 0 saturated carbocycles. The van der Waals surface area contributed by atoms with Gasteiger partial charge in [0.15, 0.2) is 23.0 Å². The minimum atomic E-state index is -0.379. The number of halogens is 1. The summed E-state index contributed by atoms with van der Waals surface area (Å²) < 4.78 is 22.0. The Morgan fingerprint density at radius 2 is 1.47 bits per heavy atom. The number of urea groups is 1. The lowest BCUT2D eigenvalue weighted by atomic mass is 9.87. The third-order valence-electron chi connectivity index (χ3n) is 5.95.